The minimum absolute atomic E-state index is 0.613. The van der Waals surface area contributed by atoms with Gasteiger partial charge in [-0.15, -0.1) is 0 Å². The number of hydrogen-bond donors (Lipinski definition) is 1. The number of halogens is 1. The Bertz CT molecular complexity index is 336. The Labute approximate surface area is 90.6 Å². The van der Waals surface area contributed by atoms with E-state index < -0.39 is 0 Å². The maximum Gasteiger partial charge on any atom is 0.0441 e. The lowest BCUT2D eigenvalue weighted by atomic mass is 10.1. The summed E-state index contributed by atoms with van der Waals surface area (Å²) in [5.41, 5.74) is 9.07. The molecule has 1 aromatic carbocycles. The van der Waals surface area contributed by atoms with Gasteiger partial charge in [0.2, 0.25) is 0 Å². The Balaban J connectivity index is 2.97. The van der Waals surface area contributed by atoms with E-state index in [1.165, 1.54) is 5.57 Å². The van der Waals surface area contributed by atoms with Gasteiger partial charge in [-0.05, 0) is 30.5 Å². The first-order valence-corrected chi connectivity index (χ1v) is 5.20. The van der Waals surface area contributed by atoms with Crippen LogP contribution >= 0.6 is 11.6 Å². The molecule has 0 aliphatic carbocycles. The predicted octanol–water partition coefficient (Wildman–Crippen LogP) is 3.40. The van der Waals surface area contributed by atoms with Gasteiger partial charge in [-0.1, -0.05) is 42.3 Å². The van der Waals surface area contributed by atoms with E-state index in [2.05, 4.69) is 19.1 Å². The smallest absolute Gasteiger partial charge is 0.0441 e. The van der Waals surface area contributed by atoms with E-state index in [0.717, 1.165) is 22.6 Å². The molecular formula is C12H16ClN. The molecule has 0 unspecified atom stereocenters. The second-order valence-corrected chi connectivity index (χ2v) is 3.78. The monoisotopic (exact) mass is 209 g/mol. The van der Waals surface area contributed by atoms with Crippen LogP contribution in [0.5, 0.6) is 0 Å². The van der Waals surface area contributed by atoms with Crippen LogP contribution in [0.2, 0.25) is 5.02 Å². The van der Waals surface area contributed by atoms with Crippen molar-refractivity contribution >= 4 is 17.7 Å². The van der Waals surface area contributed by atoms with Crippen LogP contribution in [0, 0.1) is 6.92 Å². The van der Waals surface area contributed by atoms with Gasteiger partial charge in [0.1, 0.15) is 0 Å². The number of aryl methyl sites for hydroxylation is 1. The second kappa shape index (κ2) is 5.18. The van der Waals surface area contributed by atoms with Gasteiger partial charge in [-0.3, -0.25) is 0 Å². The first-order chi connectivity index (χ1) is 6.67. The average Bonchev–Trinajstić information content (AvgIpc) is 2.19. The van der Waals surface area contributed by atoms with Crippen molar-refractivity contribution in [1.82, 2.24) is 0 Å². The van der Waals surface area contributed by atoms with E-state index in [4.69, 9.17) is 17.3 Å². The highest BCUT2D eigenvalue weighted by molar-refractivity contribution is 6.31. The molecule has 0 amide bonds. The second-order valence-electron chi connectivity index (χ2n) is 3.37. The molecule has 0 bridgehead atoms. The van der Waals surface area contributed by atoms with Crippen molar-refractivity contribution in [2.45, 2.75) is 20.3 Å². The first-order valence-electron chi connectivity index (χ1n) is 4.83. The van der Waals surface area contributed by atoms with Crippen LogP contribution in [0.4, 0.5) is 0 Å². The molecule has 0 fully saturated rings. The summed E-state index contributed by atoms with van der Waals surface area (Å²) >= 11 is 6.02. The van der Waals surface area contributed by atoms with E-state index in [-0.39, 0.29) is 0 Å². The molecule has 0 atom stereocenters. The average molecular weight is 210 g/mol. The zero-order valence-electron chi connectivity index (χ0n) is 8.68. The minimum atomic E-state index is 0.613. The summed E-state index contributed by atoms with van der Waals surface area (Å²) in [5.74, 6) is 0. The Morgan fingerprint density at radius 1 is 1.50 bits per heavy atom. The molecule has 0 radical (unpaired) electrons. The van der Waals surface area contributed by atoms with E-state index in [9.17, 15) is 0 Å². The molecule has 2 N–H and O–H groups in total. The maximum absolute atomic E-state index is 6.02. The van der Waals surface area contributed by atoms with Crippen molar-refractivity contribution in [3.63, 3.8) is 0 Å². The van der Waals surface area contributed by atoms with Crippen LogP contribution in [-0.4, -0.2) is 6.54 Å². The molecular weight excluding hydrogens is 194 g/mol. The number of nitrogens with two attached hydrogens (primary N) is 1. The molecule has 1 rings (SSSR count). The van der Waals surface area contributed by atoms with Crippen molar-refractivity contribution in [3.05, 3.63) is 39.9 Å². The van der Waals surface area contributed by atoms with Gasteiger partial charge < -0.3 is 5.73 Å². The molecule has 0 saturated heterocycles. The lowest BCUT2D eigenvalue weighted by Gasteiger charge is -2.02. The van der Waals surface area contributed by atoms with E-state index in [1.54, 1.807) is 0 Å². The Morgan fingerprint density at radius 2 is 2.21 bits per heavy atom. The van der Waals surface area contributed by atoms with Gasteiger partial charge in [-0.2, -0.15) is 0 Å². The third-order valence-corrected chi connectivity index (χ3v) is 2.69. The molecule has 0 heterocycles. The lowest BCUT2D eigenvalue weighted by molar-refractivity contribution is 1.02. The van der Waals surface area contributed by atoms with Gasteiger partial charge in [0, 0.05) is 11.6 Å². The topological polar surface area (TPSA) is 26.0 Å². The summed E-state index contributed by atoms with van der Waals surface area (Å²) in [6.07, 6.45) is 3.09. The molecule has 0 aliphatic rings. The fourth-order valence-corrected chi connectivity index (χ4v) is 1.43. The zero-order chi connectivity index (χ0) is 10.6. The van der Waals surface area contributed by atoms with Crippen LogP contribution < -0.4 is 5.73 Å². The summed E-state index contributed by atoms with van der Waals surface area (Å²) in [4.78, 5) is 0. The highest BCUT2D eigenvalue weighted by Crippen LogP contribution is 2.18. The molecule has 0 saturated carbocycles. The Morgan fingerprint density at radius 3 is 2.71 bits per heavy atom. The van der Waals surface area contributed by atoms with Gasteiger partial charge in [0.15, 0.2) is 0 Å². The number of rotatable bonds is 3. The number of hydrogen-bond acceptors (Lipinski definition) is 1. The van der Waals surface area contributed by atoms with E-state index in [1.807, 2.05) is 19.1 Å². The molecule has 1 aromatic rings. The highest BCUT2D eigenvalue weighted by atomic mass is 35.5. The highest BCUT2D eigenvalue weighted by Gasteiger charge is 1.96. The lowest BCUT2D eigenvalue weighted by Crippen LogP contribution is -2.01. The van der Waals surface area contributed by atoms with Gasteiger partial charge in [0.25, 0.3) is 0 Å². The maximum atomic E-state index is 6.02. The van der Waals surface area contributed by atoms with Crippen molar-refractivity contribution in [1.29, 1.82) is 0 Å². The Hall–Kier alpha value is -0.790. The molecule has 0 spiro atoms. The Kier molecular flexibility index (Phi) is 4.18. The molecule has 0 aliphatic heterocycles. The van der Waals surface area contributed by atoms with Crippen molar-refractivity contribution < 1.29 is 0 Å². The van der Waals surface area contributed by atoms with Crippen molar-refractivity contribution in [2.75, 3.05) is 6.54 Å². The summed E-state index contributed by atoms with van der Waals surface area (Å²) in [6, 6.07) is 6.06. The van der Waals surface area contributed by atoms with E-state index >= 15 is 0 Å². The van der Waals surface area contributed by atoms with Crippen molar-refractivity contribution in [3.8, 4) is 0 Å². The van der Waals surface area contributed by atoms with Crippen LogP contribution in [0.1, 0.15) is 24.5 Å². The quantitative estimate of drug-likeness (QED) is 0.812. The van der Waals surface area contributed by atoms with Gasteiger partial charge in [0.05, 0.1) is 0 Å². The summed E-state index contributed by atoms with van der Waals surface area (Å²) in [7, 11) is 0. The molecule has 76 valence electrons. The molecule has 0 aromatic heterocycles. The molecule has 2 heteroatoms. The van der Waals surface area contributed by atoms with E-state index in [0.29, 0.717) is 6.54 Å². The molecule has 14 heavy (non-hydrogen) atoms. The minimum Gasteiger partial charge on any atom is -0.327 e. The normalized spacial score (nSPS) is 11.9. The third-order valence-electron chi connectivity index (χ3n) is 2.28. The summed E-state index contributed by atoms with van der Waals surface area (Å²) < 4.78 is 0. The SMILES string of the molecule is CC/C(=C/c1ccc(C)c(Cl)c1)CN. The van der Waals surface area contributed by atoms with Crippen LogP contribution in [-0.2, 0) is 0 Å². The standard InChI is InChI=1S/C12H16ClN/c1-3-10(8-14)6-11-5-4-9(2)12(13)7-11/h4-7H,3,8,14H2,1-2H3/b10-6-. The van der Waals surface area contributed by atoms with Crippen molar-refractivity contribution in [2.24, 2.45) is 5.73 Å². The fraction of sp³-hybridized carbons (Fsp3) is 0.333. The summed E-state index contributed by atoms with van der Waals surface area (Å²) in [5, 5.41) is 0.811. The largest absolute Gasteiger partial charge is 0.327 e. The third kappa shape index (κ3) is 2.86. The predicted molar refractivity (Wildman–Crippen MR) is 63.5 cm³/mol. The van der Waals surface area contributed by atoms with Gasteiger partial charge in [-0.25, -0.2) is 0 Å². The molecule has 1 nitrogen and oxygen atoms in total. The summed E-state index contributed by atoms with van der Waals surface area (Å²) in [6.45, 7) is 4.72. The fourth-order valence-electron chi connectivity index (χ4n) is 1.24. The number of benzene rings is 1. The van der Waals surface area contributed by atoms with Crippen LogP contribution in [0.25, 0.3) is 6.08 Å². The van der Waals surface area contributed by atoms with Gasteiger partial charge >= 0.3 is 0 Å². The van der Waals surface area contributed by atoms with Crippen LogP contribution in [0.15, 0.2) is 23.8 Å². The first kappa shape index (κ1) is 11.3. The zero-order valence-corrected chi connectivity index (χ0v) is 9.43. The van der Waals surface area contributed by atoms with Crippen LogP contribution in [0.3, 0.4) is 0 Å².